The van der Waals surface area contributed by atoms with Crippen molar-refractivity contribution in [3.63, 3.8) is 0 Å². The molecule has 2 aliphatic rings. The maximum atomic E-state index is 11.7. The van der Waals surface area contributed by atoms with Gasteiger partial charge in [0.1, 0.15) is 6.61 Å². The first-order valence-electron chi connectivity index (χ1n) is 6.12. The molecule has 3 rings (SSSR count). The van der Waals surface area contributed by atoms with Crippen LogP contribution in [0.2, 0.25) is 0 Å². The largest absolute Gasteiger partial charge is 0.444 e. The summed E-state index contributed by atoms with van der Waals surface area (Å²) >= 11 is 0. The van der Waals surface area contributed by atoms with E-state index in [9.17, 15) is 4.79 Å². The highest BCUT2D eigenvalue weighted by molar-refractivity contribution is 5.75. The van der Waals surface area contributed by atoms with Gasteiger partial charge in [0.2, 0.25) is 0 Å². The molecule has 1 N–H and O–H groups in total. The fourth-order valence-corrected chi connectivity index (χ4v) is 2.07. The zero-order valence-corrected chi connectivity index (χ0v) is 10.3. The molecule has 1 aromatic carbocycles. The van der Waals surface area contributed by atoms with E-state index in [1.165, 1.54) is 0 Å². The number of hydrogen-bond donors (Lipinski definition) is 1. The van der Waals surface area contributed by atoms with Crippen LogP contribution in [0.3, 0.4) is 0 Å². The van der Waals surface area contributed by atoms with Gasteiger partial charge in [0.05, 0.1) is 5.70 Å². The third-order valence-corrected chi connectivity index (χ3v) is 3.02. The number of carbonyl (C=O) groups excluding carboxylic acids is 1. The van der Waals surface area contributed by atoms with Crippen molar-refractivity contribution in [1.82, 2.24) is 5.32 Å². The van der Waals surface area contributed by atoms with E-state index in [0.717, 1.165) is 22.4 Å². The van der Waals surface area contributed by atoms with Crippen LogP contribution in [0.5, 0.6) is 0 Å². The van der Waals surface area contributed by atoms with Gasteiger partial charge in [-0.1, -0.05) is 54.6 Å². The Hall–Kier alpha value is -2.55. The van der Waals surface area contributed by atoms with Crippen molar-refractivity contribution in [3.8, 4) is 0 Å². The van der Waals surface area contributed by atoms with E-state index in [4.69, 9.17) is 4.74 Å². The molecule has 0 saturated carbocycles. The van der Waals surface area contributed by atoms with Crippen molar-refractivity contribution in [2.24, 2.45) is 0 Å². The molecule has 0 spiro atoms. The van der Waals surface area contributed by atoms with Crippen LogP contribution < -0.4 is 5.32 Å². The van der Waals surface area contributed by atoms with Crippen LogP contribution in [0.15, 0.2) is 77.6 Å². The first-order chi connectivity index (χ1) is 9.33. The van der Waals surface area contributed by atoms with E-state index in [-0.39, 0.29) is 6.61 Å². The van der Waals surface area contributed by atoms with E-state index >= 15 is 0 Å². The Balaban J connectivity index is 1.53. The summed E-state index contributed by atoms with van der Waals surface area (Å²) in [6.07, 6.45) is 9.37. The molecule has 0 aliphatic heterocycles. The summed E-state index contributed by atoms with van der Waals surface area (Å²) in [6.45, 7) is 0.275. The summed E-state index contributed by atoms with van der Waals surface area (Å²) in [7, 11) is 0. The van der Waals surface area contributed by atoms with Crippen molar-refractivity contribution in [1.29, 1.82) is 0 Å². The molecule has 3 heteroatoms. The first kappa shape index (κ1) is 11.5. The Bertz CT molecular complexity index is 621. The number of amides is 1. The molecule has 0 saturated heterocycles. The van der Waals surface area contributed by atoms with E-state index in [1.807, 2.05) is 60.7 Å². The Morgan fingerprint density at radius 2 is 1.95 bits per heavy atom. The summed E-state index contributed by atoms with van der Waals surface area (Å²) in [5.41, 5.74) is 3.92. The number of benzene rings is 1. The molecule has 1 amide bonds. The van der Waals surface area contributed by atoms with Crippen LogP contribution in [0.4, 0.5) is 4.79 Å². The van der Waals surface area contributed by atoms with Crippen molar-refractivity contribution < 1.29 is 9.53 Å². The topological polar surface area (TPSA) is 38.3 Å². The summed E-state index contributed by atoms with van der Waals surface area (Å²) < 4.78 is 5.18. The lowest BCUT2D eigenvalue weighted by Crippen LogP contribution is -2.23. The highest BCUT2D eigenvalue weighted by Gasteiger charge is 2.18. The Labute approximate surface area is 111 Å². The second-order valence-corrected chi connectivity index (χ2v) is 4.33. The van der Waals surface area contributed by atoms with Crippen LogP contribution >= 0.6 is 0 Å². The summed E-state index contributed by atoms with van der Waals surface area (Å²) in [5.74, 6) is 0. The summed E-state index contributed by atoms with van der Waals surface area (Å²) in [6, 6.07) is 9.61. The lowest BCUT2D eigenvalue weighted by molar-refractivity contribution is 0.143. The average molecular weight is 251 g/mol. The van der Waals surface area contributed by atoms with Crippen molar-refractivity contribution in [3.05, 3.63) is 83.1 Å². The standard InChI is InChI=1S/C16H13NO2/c18-16(19-11-12-5-2-1-3-6-12)17-15-10-9-13-7-4-8-14(13)15/h1-10H,11H2,(H,17,18). The van der Waals surface area contributed by atoms with E-state index in [1.54, 1.807) is 0 Å². The third-order valence-electron chi connectivity index (χ3n) is 3.02. The van der Waals surface area contributed by atoms with Crippen LogP contribution in [0, 0.1) is 0 Å². The molecule has 0 bridgehead atoms. The number of allylic oxidation sites excluding steroid dienone is 6. The van der Waals surface area contributed by atoms with Crippen molar-refractivity contribution >= 4 is 6.09 Å². The first-order valence-corrected chi connectivity index (χ1v) is 6.12. The van der Waals surface area contributed by atoms with Crippen LogP contribution in [-0.2, 0) is 11.3 Å². The molecular formula is C16H13NO2. The quantitative estimate of drug-likeness (QED) is 0.895. The SMILES string of the molecule is O=C(NC1=CC=C2C=CC=C21)OCc1ccccc1. The van der Waals surface area contributed by atoms with Gasteiger partial charge in [-0.15, -0.1) is 0 Å². The zero-order valence-electron chi connectivity index (χ0n) is 10.3. The Morgan fingerprint density at radius 1 is 1.11 bits per heavy atom. The second kappa shape index (κ2) is 4.98. The molecule has 2 aliphatic carbocycles. The Kier molecular flexibility index (Phi) is 3.02. The molecule has 0 fully saturated rings. The molecule has 0 heterocycles. The van der Waals surface area contributed by atoms with Crippen LogP contribution in [0.25, 0.3) is 0 Å². The number of carbonyl (C=O) groups is 1. The minimum Gasteiger partial charge on any atom is -0.444 e. The zero-order chi connectivity index (χ0) is 13.1. The van der Waals surface area contributed by atoms with E-state index in [2.05, 4.69) is 5.32 Å². The average Bonchev–Trinajstić information content (AvgIpc) is 3.03. The van der Waals surface area contributed by atoms with E-state index < -0.39 is 6.09 Å². The number of rotatable bonds is 3. The highest BCUT2D eigenvalue weighted by Crippen LogP contribution is 2.29. The Morgan fingerprint density at radius 3 is 2.79 bits per heavy atom. The fourth-order valence-electron chi connectivity index (χ4n) is 2.07. The lowest BCUT2D eigenvalue weighted by atomic mass is 10.1. The molecule has 1 aromatic rings. The lowest BCUT2D eigenvalue weighted by Gasteiger charge is -2.09. The second-order valence-electron chi connectivity index (χ2n) is 4.33. The van der Waals surface area contributed by atoms with E-state index in [0.29, 0.717) is 0 Å². The van der Waals surface area contributed by atoms with Crippen molar-refractivity contribution in [2.75, 3.05) is 0 Å². The molecule has 0 radical (unpaired) electrons. The maximum absolute atomic E-state index is 11.7. The van der Waals surface area contributed by atoms with Gasteiger partial charge in [-0.3, -0.25) is 5.32 Å². The molecule has 94 valence electrons. The van der Waals surface area contributed by atoms with Crippen LogP contribution in [-0.4, -0.2) is 6.09 Å². The summed E-state index contributed by atoms with van der Waals surface area (Å²) in [4.78, 5) is 11.7. The van der Waals surface area contributed by atoms with Crippen LogP contribution in [0.1, 0.15) is 5.56 Å². The maximum Gasteiger partial charge on any atom is 0.411 e. The van der Waals surface area contributed by atoms with Gasteiger partial charge < -0.3 is 4.74 Å². The minimum absolute atomic E-state index is 0.275. The number of nitrogens with one attached hydrogen (secondary N) is 1. The molecular weight excluding hydrogens is 238 g/mol. The van der Waals surface area contributed by atoms with Gasteiger partial charge in [0, 0.05) is 5.57 Å². The number of hydrogen-bond acceptors (Lipinski definition) is 2. The normalized spacial score (nSPS) is 15.5. The van der Waals surface area contributed by atoms with Gasteiger partial charge in [-0.2, -0.15) is 0 Å². The molecule has 19 heavy (non-hydrogen) atoms. The predicted molar refractivity (Wildman–Crippen MR) is 73.2 cm³/mol. The van der Waals surface area contributed by atoms with Crippen molar-refractivity contribution in [2.45, 2.75) is 6.61 Å². The molecule has 0 atom stereocenters. The monoisotopic (exact) mass is 251 g/mol. The van der Waals surface area contributed by atoms with Gasteiger partial charge in [-0.05, 0) is 17.2 Å². The fraction of sp³-hybridized carbons (Fsp3) is 0.0625. The predicted octanol–water partition coefficient (Wildman–Crippen LogP) is 3.23. The van der Waals surface area contributed by atoms with Gasteiger partial charge in [0.15, 0.2) is 0 Å². The molecule has 3 nitrogen and oxygen atoms in total. The number of fused-ring (bicyclic) bond motifs is 1. The molecule has 0 unspecified atom stereocenters. The number of alkyl carbamates (subject to hydrolysis) is 1. The minimum atomic E-state index is -0.433. The third kappa shape index (κ3) is 2.50. The smallest absolute Gasteiger partial charge is 0.411 e. The number of ether oxygens (including phenoxy) is 1. The van der Waals surface area contributed by atoms with Gasteiger partial charge in [-0.25, -0.2) is 4.79 Å². The highest BCUT2D eigenvalue weighted by atomic mass is 16.5. The molecule has 0 aromatic heterocycles. The summed E-state index contributed by atoms with van der Waals surface area (Å²) in [5, 5.41) is 2.76. The van der Waals surface area contributed by atoms with Gasteiger partial charge >= 0.3 is 6.09 Å². The van der Waals surface area contributed by atoms with Gasteiger partial charge in [0.25, 0.3) is 0 Å².